The third kappa shape index (κ3) is 1.57. The lowest BCUT2D eigenvalue weighted by Gasteiger charge is -2.32. The minimum absolute atomic E-state index is 0.300. The molecule has 0 aromatic heterocycles. The average molecular weight is 272 g/mol. The van der Waals surface area contributed by atoms with Crippen molar-refractivity contribution in [1.82, 2.24) is 0 Å². The molecule has 0 saturated heterocycles. The van der Waals surface area contributed by atoms with Crippen molar-refractivity contribution in [1.29, 1.82) is 0 Å². The Labute approximate surface area is 123 Å². The zero-order chi connectivity index (χ0) is 14.1. The summed E-state index contributed by atoms with van der Waals surface area (Å²) in [5.74, 6) is 3.20. The van der Waals surface area contributed by atoms with E-state index >= 15 is 0 Å². The Bertz CT molecular complexity index is 452. The number of rotatable bonds is 1. The van der Waals surface area contributed by atoms with Gasteiger partial charge in [0.25, 0.3) is 0 Å². The van der Waals surface area contributed by atoms with Crippen LogP contribution in [-0.2, 0) is 0 Å². The van der Waals surface area contributed by atoms with Crippen molar-refractivity contribution in [3.05, 3.63) is 0 Å². The van der Waals surface area contributed by atoms with Gasteiger partial charge in [0.05, 0.1) is 0 Å². The van der Waals surface area contributed by atoms with Gasteiger partial charge >= 0.3 is 0 Å². The monoisotopic (exact) mass is 272 g/mol. The van der Waals surface area contributed by atoms with Crippen molar-refractivity contribution in [2.75, 3.05) is 0 Å². The van der Waals surface area contributed by atoms with Crippen LogP contribution in [0.15, 0.2) is 10.2 Å². The summed E-state index contributed by atoms with van der Waals surface area (Å²) >= 11 is 0. The Hall–Kier alpha value is -0.660. The summed E-state index contributed by atoms with van der Waals surface area (Å²) in [6.45, 7) is 9.56. The summed E-state index contributed by atoms with van der Waals surface area (Å²) in [6.07, 6.45) is 8.26. The summed E-state index contributed by atoms with van der Waals surface area (Å²) in [5.41, 5.74) is 3.43. The van der Waals surface area contributed by atoms with Crippen molar-refractivity contribution in [3.8, 4) is 0 Å². The highest BCUT2D eigenvalue weighted by Gasteiger charge is 2.52. The topological polar surface area (TPSA) is 24.7 Å². The zero-order valence-electron chi connectivity index (χ0n) is 13.4. The van der Waals surface area contributed by atoms with Crippen LogP contribution >= 0.6 is 0 Å². The number of fused-ring (bicyclic) bond motifs is 4. The second kappa shape index (κ2) is 3.96. The molecule has 4 saturated carbocycles. The molecule has 0 aliphatic heterocycles. The molecule has 0 amide bonds. The summed E-state index contributed by atoms with van der Waals surface area (Å²) < 4.78 is 0. The van der Waals surface area contributed by atoms with Crippen molar-refractivity contribution in [2.24, 2.45) is 44.7 Å². The maximum atomic E-state index is 4.86. The highest BCUT2D eigenvalue weighted by molar-refractivity contribution is 5.98. The maximum absolute atomic E-state index is 4.86. The lowest BCUT2D eigenvalue weighted by Crippen LogP contribution is -2.32. The van der Waals surface area contributed by atoms with Gasteiger partial charge in [0.2, 0.25) is 0 Å². The molecule has 0 aromatic rings. The van der Waals surface area contributed by atoms with E-state index in [1.165, 1.54) is 49.9 Å². The molecule has 4 fully saturated rings. The van der Waals surface area contributed by atoms with E-state index in [4.69, 9.17) is 10.2 Å². The predicted octanol–water partition coefficient (Wildman–Crippen LogP) is 4.70. The van der Waals surface area contributed by atoms with Crippen molar-refractivity contribution in [2.45, 2.75) is 66.2 Å². The molecule has 20 heavy (non-hydrogen) atoms. The Morgan fingerprint density at radius 3 is 1.40 bits per heavy atom. The van der Waals surface area contributed by atoms with Gasteiger partial charge in [0.15, 0.2) is 0 Å². The Morgan fingerprint density at radius 1 is 0.700 bits per heavy atom. The van der Waals surface area contributed by atoms with Crippen LogP contribution in [0.25, 0.3) is 0 Å². The molecule has 2 nitrogen and oxygen atoms in total. The second-order valence-electron chi connectivity index (χ2n) is 8.83. The van der Waals surface area contributed by atoms with Gasteiger partial charge in [0.1, 0.15) is 0 Å². The van der Waals surface area contributed by atoms with Crippen molar-refractivity contribution >= 4 is 11.4 Å². The van der Waals surface area contributed by atoms with Crippen molar-refractivity contribution in [3.63, 3.8) is 0 Å². The van der Waals surface area contributed by atoms with E-state index in [0.717, 1.165) is 23.7 Å². The molecule has 4 bridgehead atoms. The third-order valence-electron chi connectivity index (χ3n) is 7.27. The minimum atomic E-state index is 0.300. The third-order valence-corrected chi connectivity index (χ3v) is 7.27. The first-order chi connectivity index (χ1) is 9.40. The fraction of sp³-hybridized carbons (Fsp3) is 0.889. The van der Waals surface area contributed by atoms with E-state index in [0.29, 0.717) is 10.8 Å². The molecule has 0 N–H and O–H groups in total. The number of hydrogen-bond donors (Lipinski definition) is 0. The van der Waals surface area contributed by atoms with Gasteiger partial charge in [-0.3, -0.25) is 0 Å². The molecule has 4 aliphatic carbocycles. The standard InChI is InChI=1S/C18H28N2/c1-17(2)13-7-5-11(9-13)15(17)19-20-16-12-6-8-14(10-12)18(16,3)4/h11-14H,5-10H2,1-4H3/b19-15-,20-16?. The first-order valence-electron chi connectivity index (χ1n) is 8.57. The van der Waals surface area contributed by atoms with Gasteiger partial charge in [-0.2, -0.15) is 10.2 Å². The molecule has 0 heterocycles. The number of nitrogens with zero attached hydrogens (tertiary/aromatic N) is 2. The van der Waals surface area contributed by atoms with E-state index in [1.807, 2.05) is 0 Å². The fourth-order valence-corrected chi connectivity index (χ4v) is 5.77. The molecule has 0 spiro atoms. The molecule has 4 aliphatic rings. The Morgan fingerprint density at radius 2 is 1.10 bits per heavy atom. The average Bonchev–Trinajstić information content (AvgIpc) is 3.07. The molecule has 4 unspecified atom stereocenters. The van der Waals surface area contributed by atoms with E-state index in [9.17, 15) is 0 Å². The molecular weight excluding hydrogens is 244 g/mol. The molecule has 4 rings (SSSR count). The minimum Gasteiger partial charge on any atom is -0.159 e. The van der Waals surface area contributed by atoms with Gasteiger partial charge in [-0.15, -0.1) is 0 Å². The zero-order valence-corrected chi connectivity index (χ0v) is 13.4. The SMILES string of the molecule is CC1(C)C(=N/N=C2/C3CCC(C3)C2(C)C)C2CCC1C2. The van der Waals surface area contributed by atoms with Gasteiger partial charge in [-0.05, 0) is 62.2 Å². The molecule has 4 atom stereocenters. The fourth-order valence-electron chi connectivity index (χ4n) is 5.77. The Kier molecular flexibility index (Phi) is 2.58. The highest BCUT2D eigenvalue weighted by atomic mass is 15.2. The van der Waals surface area contributed by atoms with Gasteiger partial charge in [0, 0.05) is 22.3 Å². The highest BCUT2D eigenvalue weighted by Crippen LogP contribution is 2.55. The summed E-state index contributed by atoms with van der Waals surface area (Å²) in [6, 6.07) is 0. The van der Waals surface area contributed by atoms with Crippen LogP contribution in [0.1, 0.15) is 66.2 Å². The molecule has 2 heteroatoms. The molecule has 110 valence electrons. The summed E-state index contributed by atoms with van der Waals surface area (Å²) in [4.78, 5) is 0. The van der Waals surface area contributed by atoms with Crippen LogP contribution in [0.5, 0.6) is 0 Å². The second-order valence-corrected chi connectivity index (χ2v) is 8.83. The van der Waals surface area contributed by atoms with E-state index in [-0.39, 0.29) is 0 Å². The maximum Gasteiger partial charge on any atom is 0.0495 e. The van der Waals surface area contributed by atoms with Crippen LogP contribution in [0.2, 0.25) is 0 Å². The van der Waals surface area contributed by atoms with Crippen LogP contribution in [-0.4, -0.2) is 11.4 Å². The van der Waals surface area contributed by atoms with Crippen LogP contribution in [0, 0.1) is 34.5 Å². The molecular formula is C18H28N2. The predicted molar refractivity (Wildman–Crippen MR) is 84.1 cm³/mol. The summed E-state index contributed by atoms with van der Waals surface area (Å²) in [7, 11) is 0. The summed E-state index contributed by atoms with van der Waals surface area (Å²) in [5, 5.41) is 9.72. The smallest absolute Gasteiger partial charge is 0.0495 e. The first kappa shape index (κ1) is 13.0. The van der Waals surface area contributed by atoms with E-state index in [2.05, 4.69) is 27.7 Å². The lowest BCUT2D eigenvalue weighted by atomic mass is 9.75. The van der Waals surface area contributed by atoms with Crippen LogP contribution in [0.3, 0.4) is 0 Å². The first-order valence-corrected chi connectivity index (χ1v) is 8.57. The lowest BCUT2D eigenvalue weighted by molar-refractivity contribution is 0.330. The van der Waals surface area contributed by atoms with E-state index in [1.54, 1.807) is 0 Å². The number of hydrogen-bond acceptors (Lipinski definition) is 2. The molecule has 0 aromatic carbocycles. The van der Waals surface area contributed by atoms with Gasteiger partial charge < -0.3 is 0 Å². The van der Waals surface area contributed by atoms with Gasteiger partial charge in [-0.1, -0.05) is 27.7 Å². The molecule has 0 radical (unpaired) electrons. The van der Waals surface area contributed by atoms with Crippen LogP contribution < -0.4 is 0 Å². The van der Waals surface area contributed by atoms with Crippen molar-refractivity contribution < 1.29 is 0 Å². The van der Waals surface area contributed by atoms with E-state index < -0.39 is 0 Å². The normalized spacial score (nSPS) is 47.8. The Balaban J connectivity index is 1.67. The van der Waals surface area contributed by atoms with Gasteiger partial charge in [-0.25, -0.2) is 0 Å². The largest absolute Gasteiger partial charge is 0.159 e. The quantitative estimate of drug-likeness (QED) is 0.618. The van der Waals surface area contributed by atoms with Crippen LogP contribution in [0.4, 0.5) is 0 Å².